The topological polar surface area (TPSA) is 46.3 Å². The van der Waals surface area contributed by atoms with E-state index in [0.29, 0.717) is 28.3 Å². The first-order valence-electron chi connectivity index (χ1n) is 9.91. The summed E-state index contributed by atoms with van der Waals surface area (Å²) in [5.41, 5.74) is 0.635. The lowest BCUT2D eigenvalue weighted by atomic mass is 9.97. The number of furan rings is 1. The molecule has 4 aromatic rings. The maximum absolute atomic E-state index is 13.8. The Balaban J connectivity index is 1.77. The Kier molecular flexibility index (Phi) is 5.81. The van der Waals surface area contributed by atoms with Crippen LogP contribution in [-0.2, 0) is 6.18 Å². The van der Waals surface area contributed by atoms with E-state index in [-0.39, 0.29) is 5.91 Å². The monoisotopic (exact) mass is 436 g/mol. The summed E-state index contributed by atoms with van der Waals surface area (Å²) >= 11 is 0. The summed E-state index contributed by atoms with van der Waals surface area (Å²) in [5.74, 6) is 0.669. The Morgan fingerprint density at radius 3 is 2.28 bits per heavy atom. The van der Waals surface area contributed by atoms with Crippen LogP contribution >= 0.6 is 0 Å². The molecule has 32 heavy (non-hydrogen) atoms. The number of anilines is 1. The van der Waals surface area contributed by atoms with Gasteiger partial charge in [-0.2, -0.15) is 13.2 Å². The molecule has 2 aromatic carbocycles. The number of nitrogens with zero attached hydrogens (tertiary/aromatic N) is 2. The van der Waals surface area contributed by atoms with Gasteiger partial charge in [-0.25, -0.2) is 4.98 Å². The lowest BCUT2D eigenvalue weighted by Crippen LogP contribution is -2.34. The standard InChI is InChI=1S/C25H19F3N2O2/c1-17(22-9-6-16-32-22)30(23-10-4-5-15-29-23)24(31)21-8-3-2-7-20(21)18-11-13-19(14-12-18)25(26,27)28/h2-17H,1H3/t17-/m0/s1. The average Bonchev–Trinajstić information content (AvgIpc) is 3.34. The van der Waals surface area contributed by atoms with Crippen LogP contribution in [0.25, 0.3) is 11.1 Å². The van der Waals surface area contributed by atoms with Crippen molar-refractivity contribution in [2.75, 3.05) is 4.90 Å². The van der Waals surface area contributed by atoms with Crippen LogP contribution in [0.1, 0.15) is 34.6 Å². The summed E-state index contributed by atoms with van der Waals surface area (Å²) in [6.07, 6.45) is -1.31. The third kappa shape index (κ3) is 4.27. The number of alkyl halides is 3. The van der Waals surface area contributed by atoms with Gasteiger partial charge in [-0.05, 0) is 60.5 Å². The highest BCUT2D eigenvalue weighted by molar-refractivity contribution is 6.10. The van der Waals surface area contributed by atoms with Crippen LogP contribution in [0.15, 0.2) is 95.7 Å². The SMILES string of the molecule is C[C@@H](c1ccco1)N(C(=O)c1ccccc1-c1ccc(C(F)(F)F)cc1)c1ccccn1. The molecule has 0 N–H and O–H groups in total. The molecule has 0 fully saturated rings. The Hall–Kier alpha value is -3.87. The Labute approximate surface area is 182 Å². The lowest BCUT2D eigenvalue weighted by molar-refractivity contribution is -0.137. The molecular weight excluding hydrogens is 417 g/mol. The van der Waals surface area contributed by atoms with E-state index in [1.165, 1.54) is 23.3 Å². The second-order valence-corrected chi connectivity index (χ2v) is 7.18. The smallest absolute Gasteiger partial charge is 0.416 e. The summed E-state index contributed by atoms with van der Waals surface area (Å²) in [4.78, 5) is 19.6. The van der Waals surface area contributed by atoms with Crippen LogP contribution in [0.3, 0.4) is 0 Å². The van der Waals surface area contributed by atoms with E-state index in [1.807, 2.05) is 6.92 Å². The third-order valence-corrected chi connectivity index (χ3v) is 5.14. The molecule has 4 rings (SSSR count). The van der Waals surface area contributed by atoms with Gasteiger partial charge in [-0.15, -0.1) is 0 Å². The molecule has 0 aliphatic rings. The summed E-state index contributed by atoms with van der Waals surface area (Å²) < 4.78 is 44.4. The third-order valence-electron chi connectivity index (χ3n) is 5.14. The molecule has 162 valence electrons. The van der Waals surface area contributed by atoms with Gasteiger partial charge >= 0.3 is 6.18 Å². The number of benzene rings is 2. The normalized spacial score (nSPS) is 12.4. The zero-order valence-corrected chi connectivity index (χ0v) is 17.1. The van der Waals surface area contributed by atoms with E-state index in [4.69, 9.17) is 4.42 Å². The first-order chi connectivity index (χ1) is 15.4. The average molecular weight is 436 g/mol. The Morgan fingerprint density at radius 1 is 0.938 bits per heavy atom. The van der Waals surface area contributed by atoms with E-state index in [0.717, 1.165) is 12.1 Å². The largest absolute Gasteiger partial charge is 0.467 e. The maximum atomic E-state index is 13.8. The number of aromatic nitrogens is 1. The van der Waals surface area contributed by atoms with Crippen molar-refractivity contribution in [3.05, 3.63) is 108 Å². The number of hydrogen-bond acceptors (Lipinski definition) is 3. The maximum Gasteiger partial charge on any atom is 0.416 e. The van der Waals surface area contributed by atoms with Gasteiger partial charge in [-0.3, -0.25) is 9.69 Å². The Bertz CT molecular complexity index is 1190. The number of carbonyl (C=O) groups excluding carboxylic acids is 1. The van der Waals surface area contributed by atoms with Crippen molar-refractivity contribution >= 4 is 11.7 Å². The van der Waals surface area contributed by atoms with Crippen molar-refractivity contribution in [1.29, 1.82) is 0 Å². The molecule has 0 saturated heterocycles. The molecule has 0 bridgehead atoms. The van der Waals surface area contributed by atoms with Gasteiger partial charge in [0.2, 0.25) is 0 Å². The van der Waals surface area contributed by atoms with Crippen LogP contribution in [0.5, 0.6) is 0 Å². The summed E-state index contributed by atoms with van der Waals surface area (Å²) in [6, 6.07) is 19.9. The Morgan fingerprint density at radius 2 is 1.66 bits per heavy atom. The molecule has 2 heterocycles. The van der Waals surface area contributed by atoms with E-state index in [1.54, 1.807) is 60.8 Å². The van der Waals surface area contributed by atoms with E-state index >= 15 is 0 Å². The van der Waals surface area contributed by atoms with Crippen molar-refractivity contribution in [3.63, 3.8) is 0 Å². The van der Waals surface area contributed by atoms with Gasteiger partial charge in [-0.1, -0.05) is 36.4 Å². The zero-order chi connectivity index (χ0) is 22.7. The molecule has 0 aliphatic carbocycles. The van der Waals surface area contributed by atoms with Gasteiger partial charge in [0.25, 0.3) is 5.91 Å². The molecular formula is C25H19F3N2O2. The molecule has 0 spiro atoms. The summed E-state index contributed by atoms with van der Waals surface area (Å²) in [6.45, 7) is 1.83. The quantitative estimate of drug-likeness (QED) is 0.347. The fourth-order valence-corrected chi connectivity index (χ4v) is 3.52. The minimum atomic E-state index is -4.43. The summed E-state index contributed by atoms with van der Waals surface area (Å²) in [5, 5.41) is 0. The van der Waals surface area contributed by atoms with E-state index in [2.05, 4.69) is 4.98 Å². The molecule has 0 aliphatic heterocycles. The molecule has 4 nitrogen and oxygen atoms in total. The molecule has 0 saturated carbocycles. The van der Waals surface area contributed by atoms with Crippen LogP contribution in [-0.4, -0.2) is 10.9 Å². The molecule has 0 radical (unpaired) electrons. The van der Waals surface area contributed by atoms with Gasteiger partial charge in [0.05, 0.1) is 17.9 Å². The molecule has 7 heteroatoms. The molecule has 1 atom stereocenters. The predicted molar refractivity (Wildman–Crippen MR) is 115 cm³/mol. The lowest BCUT2D eigenvalue weighted by Gasteiger charge is -2.28. The van der Waals surface area contributed by atoms with Crippen molar-refractivity contribution in [3.8, 4) is 11.1 Å². The number of amides is 1. The first-order valence-corrected chi connectivity index (χ1v) is 9.91. The fraction of sp³-hybridized carbons (Fsp3) is 0.120. The van der Waals surface area contributed by atoms with Crippen molar-refractivity contribution in [1.82, 2.24) is 4.98 Å². The van der Waals surface area contributed by atoms with Crippen molar-refractivity contribution < 1.29 is 22.4 Å². The fourth-order valence-electron chi connectivity index (χ4n) is 3.52. The number of hydrogen-bond donors (Lipinski definition) is 0. The number of pyridine rings is 1. The highest BCUT2D eigenvalue weighted by atomic mass is 19.4. The predicted octanol–water partition coefficient (Wildman–Crippen LogP) is 6.77. The highest BCUT2D eigenvalue weighted by Gasteiger charge is 2.31. The van der Waals surface area contributed by atoms with Crippen molar-refractivity contribution in [2.24, 2.45) is 0 Å². The van der Waals surface area contributed by atoms with E-state index in [9.17, 15) is 18.0 Å². The minimum absolute atomic E-state index is 0.344. The van der Waals surface area contributed by atoms with Gasteiger partial charge in [0, 0.05) is 11.8 Å². The molecule has 1 amide bonds. The van der Waals surface area contributed by atoms with Crippen LogP contribution in [0, 0.1) is 0 Å². The number of carbonyl (C=O) groups is 1. The zero-order valence-electron chi connectivity index (χ0n) is 17.1. The number of rotatable bonds is 5. The van der Waals surface area contributed by atoms with Gasteiger partial charge < -0.3 is 4.42 Å². The second-order valence-electron chi connectivity index (χ2n) is 7.18. The van der Waals surface area contributed by atoms with Crippen molar-refractivity contribution in [2.45, 2.75) is 19.1 Å². The van der Waals surface area contributed by atoms with Crippen LogP contribution in [0.4, 0.5) is 19.0 Å². The molecule has 2 aromatic heterocycles. The first kappa shape index (κ1) is 21.4. The van der Waals surface area contributed by atoms with E-state index < -0.39 is 17.8 Å². The minimum Gasteiger partial charge on any atom is -0.467 e. The molecule has 0 unspecified atom stereocenters. The van der Waals surface area contributed by atoms with Gasteiger partial charge in [0.15, 0.2) is 0 Å². The van der Waals surface area contributed by atoms with Gasteiger partial charge in [0.1, 0.15) is 11.6 Å². The number of halogens is 3. The highest BCUT2D eigenvalue weighted by Crippen LogP contribution is 2.34. The van der Waals surface area contributed by atoms with Crippen LogP contribution in [0.2, 0.25) is 0 Å². The summed E-state index contributed by atoms with van der Waals surface area (Å²) in [7, 11) is 0. The second kappa shape index (κ2) is 8.70. The van der Waals surface area contributed by atoms with Crippen LogP contribution < -0.4 is 4.90 Å².